The highest BCUT2D eigenvalue weighted by Gasteiger charge is 2.50. The van der Waals surface area contributed by atoms with Crippen molar-refractivity contribution in [3.63, 3.8) is 0 Å². The third-order valence-corrected chi connectivity index (χ3v) is 8.34. The van der Waals surface area contributed by atoms with E-state index in [2.05, 4.69) is 15.6 Å². The Morgan fingerprint density at radius 2 is 1.85 bits per heavy atom. The number of hydrogen-bond acceptors (Lipinski definition) is 8. The van der Waals surface area contributed by atoms with Gasteiger partial charge in [-0.1, -0.05) is 12.1 Å². The normalized spacial score (nSPS) is 28.1. The molecule has 1 aromatic carbocycles. The minimum absolute atomic E-state index is 0.0348. The van der Waals surface area contributed by atoms with Crippen LogP contribution in [0.4, 0.5) is 4.79 Å². The number of methoxy groups -OCH3 is 1. The second kappa shape index (κ2) is 8.92. The molecule has 33 heavy (non-hydrogen) atoms. The first-order chi connectivity index (χ1) is 15.6. The van der Waals surface area contributed by atoms with Gasteiger partial charge in [0.15, 0.2) is 9.84 Å². The summed E-state index contributed by atoms with van der Waals surface area (Å²) in [6, 6.07) is 6.13. The van der Waals surface area contributed by atoms with E-state index in [4.69, 9.17) is 4.74 Å². The molecule has 3 saturated heterocycles. The molecule has 0 unspecified atom stereocenters. The zero-order valence-electron chi connectivity index (χ0n) is 18.7. The number of hydrogen-bond donors (Lipinski definition) is 2. The molecular weight excluding hydrogens is 450 g/mol. The largest absolute Gasteiger partial charge is 0.497 e. The van der Waals surface area contributed by atoms with E-state index in [1.54, 1.807) is 31.2 Å². The molecule has 4 amide bonds. The fourth-order valence-electron chi connectivity index (χ4n) is 4.57. The number of amides is 4. The number of urea groups is 1. The molecule has 2 atom stereocenters. The summed E-state index contributed by atoms with van der Waals surface area (Å²) in [4.78, 5) is 42.1. The number of carbonyl (C=O) groups excluding carboxylic acids is 3. The number of piperazine rings is 1. The predicted molar refractivity (Wildman–Crippen MR) is 119 cm³/mol. The Balaban J connectivity index is 1.30. The van der Waals surface area contributed by atoms with E-state index >= 15 is 0 Å². The third kappa shape index (κ3) is 4.82. The highest BCUT2D eigenvalue weighted by atomic mass is 32.2. The van der Waals surface area contributed by atoms with Gasteiger partial charge in [-0.05, 0) is 31.0 Å². The maximum atomic E-state index is 13.0. The van der Waals surface area contributed by atoms with Crippen LogP contribution < -0.4 is 15.5 Å². The smallest absolute Gasteiger partial charge is 0.344 e. The molecule has 1 aromatic rings. The number of hydrazine groups is 1. The maximum absolute atomic E-state index is 13.0. The number of nitrogens with zero attached hydrogens (tertiary/aromatic N) is 3. The molecule has 0 spiro atoms. The summed E-state index contributed by atoms with van der Waals surface area (Å²) in [5.41, 5.74) is 1.69. The molecule has 4 rings (SSSR count). The fourth-order valence-corrected chi connectivity index (χ4v) is 6.34. The topological polar surface area (TPSA) is 128 Å². The standard InChI is InChI=1S/C21H29N5O6S/c1-21(15-3-5-17(32-2)6-4-15)19(28)26(20(29)22-21)23-18(27)13-24-8-10-25(11-9-24)16-7-12-33(30,31)14-16/h3-6,16H,7-14H2,1-2H3,(H,22,29)(H,23,27)/t16-,21+/m1/s1. The van der Waals surface area contributed by atoms with Crippen molar-refractivity contribution >= 4 is 27.7 Å². The van der Waals surface area contributed by atoms with E-state index in [1.165, 1.54) is 7.11 Å². The minimum Gasteiger partial charge on any atom is -0.497 e. The summed E-state index contributed by atoms with van der Waals surface area (Å²) in [5, 5.41) is 3.38. The van der Waals surface area contributed by atoms with E-state index in [9.17, 15) is 22.8 Å². The monoisotopic (exact) mass is 479 g/mol. The van der Waals surface area contributed by atoms with Crippen molar-refractivity contribution in [1.82, 2.24) is 25.6 Å². The zero-order valence-corrected chi connectivity index (χ0v) is 19.6. The summed E-state index contributed by atoms with van der Waals surface area (Å²) in [6.07, 6.45) is 0.655. The summed E-state index contributed by atoms with van der Waals surface area (Å²) in [5.74, 6) is 0.0282. The molecule has 3 heterocycles. The van der Waals surface area contributed by atoms with Crippen molar-refractivity contribution in [2.75, 3.05) is 51.3 Å². The number of benzene rings is 1. The van der Waals surface area contributed by atoms with Gasteiger partial charge in [0.1, 0.15) is 11.3 Å². The predicted octanol–water partition coefficient (Wildman–Crippen LogP) is -0.702. The van der Waals surface area contributed by atoms with Crippen molar-refractivity contribution in [1.29, 1.82) is 0 Å². The van der Waals surface area contributed by atoms with Crippen LogP contribution in [-0.4, -0.2) is 98.5 Å². The molecule has 0 bridgehead atoms. The molecule has 0 aromatic heterocycles. The highest BCUT2D eigenvalue weighted by Crippen LogP contribution is 2.29. The second-order valence-corrected chi connectivity index (χ2v) is 11.1. The van der Waals surface area contributed by atoms with Gasteiger partial charge < -0.3 is 10.1 Å². The number of ether oxygens (including phenoxy) is 1. The Morgan fingerprint density at radius 3 is 2.42 bits per heavy atom. The quantitative estimate of drug-likeness (QED) is 0.513. The van der Waals surface area contributed by atoms with Crippen LogP contribution in [0.1, 0.15) is 18.9 Å². The summed E-state index contributed by atoms with van der Waals surface area (Å²) >= 11 is 0. The van der Waals surface area contributed by atoms with Crippen LogP contribution in [0.2, 0.25) is 0 Å². The van der Waals surface area contributed by atoms with Gasteiger partial charge in [0, 0.05) is 32.2 Å². The van der Waals surface area contributed by atoms with Crippen molar-refractivity contribution in [3.8, 4) is 5.75 Å². The molecule has 0 saturated carbocycles. The Bertz CT molecular complexity index is 1040. The van der Waals surface area contributed by atoms with E-state index in [0.29, 0.717) is 43.9 Å². The van der Waals surface area contributed by atoms with E-state index in [-0.39, 0.29) is 24.1 Å². The number of rotatable bonds is 6. The molecule has 0 radical (unpaired) electrons. The molecule has 3 aliphatic heterocycles. The average Bonchev–Trinajstić information content (AvgIpc) is 3.26. The number of nitrogens with one attached hydrogen (secondary N) is 2. The Kier molecular flexibility index (Phi) is 6.34. The summed E-state index contributed by atoms with van der Waals surface area (Å²) < 4.78 is 28.6. The number of sulfone groups is 1. The maximum Gasteiger partial charge on any atom is 0.344 e. The Morgan fingerprint density at radius 1 is 1.18 bits per heavy atom. The average molecular weight is 480 g/mol. The lowest BCUT2D eigenvalue weighted by molar-refractivity contribution is -0.139. The second-order valence-electron chi connectivity index (χ2n) is 8.83. The molecule has 3 fully saturated rings. The van der Waals surface area contributed by atoms with Crippen LogP contribution >= 0.6 is 0 Å². The molecule has 3 aliphatic rings. The first kappa shape index (κ1) is 23.5. The van der Waals surface area contributed by atoms with Gasteiger partial charge >= 0.3 is 6.03 Å². The Labute approximate surface area is 192 Å². The SMILES string of the molecule is COc1ccc([C@]2(C)NC(=O)N(NC(=O)CN3CCN([C@@H]4CCS(=O)(=O)C4)CC3)C2=O)cc1. The lowest BCUT2D eigenvalue weighted by Crippen LogP contribution is -2.55. The van der Waals surface area contributed by atoms with E-state index in [0.717, 1.165) is 5.01 Å². The van der Waals surface area contributed by atoms with Crippen molar-refractivity contribution in [3.05, 3.63) is 29.8 Å². The summed E-state index contributed by atoms with van der Waals surface area (Å²) in [7, 11) is -1.40. The minimum atomic E-state index is -2.94. The van der Waals surface area contributed by atoms with Gasteiger partial charge in [-0.2, -0.15) is 5.01 Å². The van der Waals surface area contributed by atoms with Crippen molar-refractivity contribution in [2.24, 2.45) is 0 Å². The molecule has 0 aliphatic carbocycles. The zero-order chi connectivity index (χ0) is 23.8. The molecule has 2 N–H and O–H groups in total. The van der Waals surface area contributed by atoms with Gasteiger partial charge in [-0.3, -0.25) is 24.8 Å². The molecule has 180 valence electrons. The lowest BCUT2D eigenvalue weighted by atomic mass is 9.92. The molecular formula is C21H29N5O6S. The van der Waals surface area contributed by atoms with Gasteiger partial charge in [0.25, 0.3) is 11.8 Å². The van der Waals surface area contributed by atoms with Crippen molar-refractivity contribution in [2.45, 2.75) is 24.9 Å². The van der Waals surface area contributed by atoms with Crippen LogP contribution in [0.15, 0.2) is 24.3 Å². The van der Waals surface area contributed by atoms with Crippen LogP contribution in [0.25, 0.3) is 0 Å². The highest BCUT2D eigenvalue weighted by molar-refractivity contribution is 7.91. The van der Waals surface area contributed by atoms with E-state index in [1.807, 2.05) is 4.90 Å². The fraction of sp³-hybridized carbons (Fsp3) is 0.571. The van der Waals surface area contributed by atoms with Gasteiger partial charge in [-0.15, -0.1) is 0 Å². The van der Waals surface area contributed by atoms with Crippen molar-refractivity contribution < 1.29 is 27.5 Å². The summed E-state index contributed by atoms with van der Waals surface area (Å²) in [6.45, 7) is 4.18. The van der Waals surface area contributed by atoms with Crippen LogP contribution in [-0.2, 0) is 25.0 Å². The van der Waals surface area contributed by atoms with Gasteiger partial charge in [0.05, 0.1) is 25.2 Å². The van der Waals surface area contributed by atoms with Gasteiger partial charge in [0.2, 0.25) is 0 Å². The van der Waals surface area contributed by atoms with Crippen LogP contribution in [0.3, 0.4) is 0 Å². The first-order valence-corrected chi connectivity index (χ1v) is 12.7. The third-order valence-electron chi connectivity index (χ3n) is 6.59. The molecule has 11 nitrogen and oxygen atoms in total. The molecule has 12 heteroatoms. The van der Waals surface area contributed by atoms with Gasteiger partial charge in [-0.25, -0.2) is 13.2 Å². The first-order valence-electron chi connectivity index (χ1n) is 10.9. The van der Waals surface area contributed by atoms with Crippen LogP contribution in [0.5, 0.6) is 5.75 Å². The number of carbonyl (C=O) groups is 3. The Hall–Kier alpha value is -2.70. The van der Waals surface area contributed by atoms with E-state index < -0.39 is 33.2 Å². The number of imide groups is 1. The van der Waals surface area contributed by atoms with Crippen LogP contribution in [0, 0.1) is 0 Å². The lowest BCUT2D eigenvalue weighted by Gasteiger charge is -2.37.